The van der Waals surface area contributed by atoms with E-state index in [4.69, 9.17) is 0 Å². The summed E-state index contributed by atoms with van der Waals surface area (Å²) < 4.78 is 0. The van der Waals surface area contributed by atoms with Crippen molar-refractivity contribution < 1.29 is 14.5 Å². The average molecular weight is 363 g/mol. The van der Waals surface area contributed by atoms with Crippen molar-refractivity contribution in [3.8, 4) is 0 Å². The second-order valence-electron chi connectivity index (χ2n) is 7.21. The number of anilines is 1. The van der Waals surface area contributed by atoms with E-state index >= 15 is 0 Å². The van der Waals surface area contributed by atoms with Crippen molar-refractivity contribution in [2.45, 2.75) is 60.9 Å². The summed E-state index contributed by atoms with van der Waals surface area (Å²) >= 11 is 0. The van der Waals surface area contributed by atoms with Crippen LogP contribution in [0.1, 0.15) is 50.8 Å². The molecule has 1 aromatic carbocycles. The summed E-state index contributed by atoms with van der Waals surface area (Å²) in [6.07, 6.45) is 0.900. The lowest BCUT2D eigenvalue weighted by molar-refractivity contribution is -0.896. The van der Waals surface area contributed by atoms with E-state index in [1.54, 1.807) is 11.8 Å². The minimum atomic E-state index is -0.487. The molecule has 0 saturated carbocycles. The Bertz CT molecular complexity index is 601. The van der Waals surface area contributed by atoms with E-state index in [2.05, 4.69) is 31.3 Å². The molecule has 0 heterocycles. The highest BCUT2D eigenvalue weighted by Crippen LogP contribution is 2.22. The fourth-order valence-corrected chi connectivity index (χ4v) is 3.47. The fourth-order valence-electron chi connectivity index (χ4n) is 3.47. The first kappa shape index (κ1) is 22.2. The summed E-state index contributed by atoms with van der Waals surface area (Å²) in [5, 5.41) is 3.02. The highest BCUT2D eigenvalue weighted by Gasteiger charge is 2.24. The van der Waals surface area contributed by atoms with Crippen LogP contribution >= 0.6 is 0 Å². The molecule has 0 aliphatic rings. The average Bonchev–Trinajstić information content (AvgIpc) is 2.57. The molecule has 1 atom stereocenters. The molecule has 0 fully saturated rings. The lowest BCUT2D eigenvalue weighted by Gasteiger charge is -2.28. The van der Waals surface area contributed by atoms with Gasteiger partial charge in [-0.25, -0.2) is 0 Å². The summed E-state index contributed by atoms with van der Waals surface area (Å²) in [4.78, 5) is 28.0. The predicted octanol–water partition coefficient (Wildman–Crippen LogP) is 2.10. The maximum Gasteiger partial charge on any atom is 0.246 e. The number of nitrogens with one attached hydrogen (secondary N) is 2. The van der Waals surface area contributed by atoms with Crippen LogP contribution in [0.25, 0.3) is 0 Å². The van der Waals surface area contributed by atoms with Crippen LogP contribution in [-0.4, -0.2) is 48.9 Å². The SMILES string of the molecule is CC[NH+](CC)CCCN(C(C)=O)C(C)C(=O)Nc1c(C)cc(C)cc1C. The normalized spacial score (nSPS) is 12.2. The van der Waals surface area contributed by atoms with Gasteiger partial charge in [-0.1, -0.05) is 17.7 Å². The van der Waals surface area contributed by atoms with Crippen molar-refractivity contribution in [1.29, 1.82) is 0 Å². The number of rotatable bonds is 9. The van der Waals surface area contributed by atoms with E-state index < -0.39 is 6.04 Å². The third-order valence-electron chi connectivity index (χ3n) is 5.11. The Morgan fingerprint density at radius 2 is 1.65 bits per heavy atom. The zero-order valence-electron chi connectivity index (χ0n) is 17.5. The van der Waals surface area contributed by atoms with Crippen LogP contribution in [0.2, 0.25) is 0 Å². The molecule has 0 radical (unpaired) electrons. The molecule has 0 bridgehead atoms. The number of benzene rings is 1. The van der Waals surface area contributed by atoms with Crippen molar-refractivity contribution >= 4 is 17.5 Å². The molecular weight excluding hydrogens is 326 g/mol. The van der Waals surface area contributed by atoms with E-state index in [1.807, 2.05) is 20.8 Å². The molecule has 2 N–H and O–H groups in total. The Morgan fingerprint density at radius 3 is 2.12 bits per heavy atom. The minimum Gasteiger partial charge on any atom is -0.335 e. The summed E-state index contributed by atoms with van der Waals surface area (Å²) in [5.74, 6) is -0.190. The topological polar surface area (TPSA) is 53.9 Å². The fraction of sp³-hybridized carbons (Fsp3) is 0.619. The number of aryl methyl sites for hydroxylation is 3. The Hall–Kier alpha value is -1.88. The van der Waals surface area contributed by atoms with E-state index in [0.717, 1.165) is 42.9 Å². The number of carbonyl (C=O) groups excluding carboxylic acids is 2. The van der Waals surface area contributed by atoms with Crippen molar-refractivity contribution in [3.63, 3.8) is 0 Å². The van der Waals surface area contributed by atoms with Gasteiger partial charge in [0.15, 0.2) is 0 Å². The van der Waals surface area contributed by atoms with Gasteiger partial charge in [-0.2, -0.15) is 0 Å². The van der Waals surface area contributed by atoms with E-state index in [0.29, 0.717) is 6.54 Å². The van der Waals surface area contributed by atoms with Gasteiger partial charge in [0.1, 0.15) is 6.04 Å². The summed E-state index contributed by atoms with van der Waals surface area (Å²) in [5.41, 5.74) is 4.11. The summed E-state index contributed by atoms with van der Waals surface area (Å²) in [6.45, 7) is 17.5. The van der Waals surface area contributed by atoms with Crippen LogP contribution in [0, 0.1) is 20.8 Å². The molecule has 0 aliphatic heterocycles. The number of quaternary nitrogens is 1. The lowest BCUT2D eigenvalue weighted by Crippen LogP contribution is -3.11. The lowest BCUT2D eigenvalue weighted by atomic mass is 10.0. The van der Waals surface area contributed by atoms with E-state index in [-0.39, 0.29) is 11.8 Å². The first-order chi connectivity index (χ1) is 12.2. The van der Waals surface area contributed by atoms with Crippen LogP contribution in [0.5, 0.6) is 0 Å². The van der Waals surface area contributed by atoms with Gasteiger partial charge >= 0.3 is 0 Å². The first-order valence-electron chi connectivity index (χ1n) is 9.70. The predicted molar refractivity (Wildman–Crippen MR) is 108 cm³/mol. The van der Waals surface area contributed by atoms with Crippen molar-refractivity contribution in [2.75, 3.05) is 31.5 Å². The van der Waals surface area contributed by atoms with Crippen molar-refractivity contribution in [3.05, 3.63) is 28.8 Å². The molecule has 1 aromatic rings. The number of amides is 2. The highest BCUT2D eigenvalue weighted by atomic mass is 16.2. The van der Waals surface area contributed by atoms with Gasteiger partial charge in [0, 0.05) is 25.6 Å². The smallest absolute Gasteiger partial charge is 0.246 e. The molecule has 2 amide bonds. The van der Waals surface area contributed by atoms with Gasteiger partial charge in [-0.15, -0.1) is 0 Å². The van der Waals surface area contributed by atoms with Crippen molar-refractivity contribution in [2.24, 2.45) is 0 Å². The molecule has 0 aliphatic carbocycles. The summed E-state index contributed by atoms with van der Waals surface area (Å²) in [7, 11) is 0. The van der Waals surface area contributed by atoms with E-state index in [9.17, 15) is 9.59 Å². The molecule has 1 rings (SSSR count). The Morgan fingerprint density at radius 1 is 1.12 bits per heavy atom. The van der Waals surface area contributed by atoms with Gasteiger partial charge in [0.05, 0.1) is 19.6 Å². The molecular formula is C21H36N3O2+. The second-order valence-corrected chi connectivity index (χ2v) is 7.21. The zero-order valence-corrected chi connectivity index (χ0v) is 17.5. The zero-order chi connectivity index (χ0) is 19.9. The van der Waals surface area contributed by atoms with Gasteiger partial charge in [0.2, 0.25) is 11.8 Å². The number of hydrogen-bond acceptors (Lipinski definition) is 2. The quantitative estimate of drug-likeness (QED) is 0.707. The van der Waals surface area contributed by atoms with Gasteiger partial charge in [-0.05, 0) is 52.7 Å². The molecule has 1 unspecified atom stereocenters. The third kappa shape index (κ3) is 6.13. The maximum atomic E-state index is 12.7. The van der Waals surface area contributed by atoms with Crippen LogP contribution in [0.3, 0.4) is 0 Å². The molecule has 146 valence electrons. The number of carbonyl (C=O) groups is 2. The summed E-state index contributed by atoms with van der Waals surface area (Å²) in [6, 6.07) is 3.63. The molecule has 0 aromatic heterocycles. The first-order valence-corrected chi connectivity index (χ1v) is 9.70. The molecule has 5 heteroatoms. The number of nitrogens with zero attached hydrogens (tertiary/aromatic N) is 1. The molecule has 5 nitrogen and oxygen atoms in total. The molecule has 0 saturated heterocycles. The molecule has 0 spiro atoms. The number of hydrogen-bond donors (Lipinski definition) is 2. The largest absolute Gasteiger partial charge is 0.335 e. The minimum absolute atomic E-state index is 0.0560. The third-order valence-corrected chi connectivity index (χ3v) is 5.11. The maximum absolute atomic E-state index is 12.7. The van der Waals surface area contributed by atoms with Crippen LogP contribution in [0.4, 0.5) is 5.69 Å². The standard InChI is InChI=1S/C21H35N3O2/c1-8-23(9-2)11-10-12-24(19(7)25)18(6)21(26)22-20-16(4)13-15(3)14-17(20)5/h13-14,18H,8-12H2,1-7H3,(H,22,26)/p+1. The van der Waals surface area contributed by atoms with Crippen LogP contribution in [-0.2, 0) is 9.59 Å². The van der Waals surface area contributed by atoms with Crippen LogP contribution < -0.4 is 10.2 Å². The van der Waals surface area contributed by atoms with Crippen molar-refractivity contribution in [1.82, 2.24) is 4.90 Å². The highest BCUT2D eigenvalue weighted by molar-refractivity contribution is 5.97. The van der Waals surface area contributed by atoms with Crippen LogP contribution in [0.15, 0.2) is 12.1 Å². The Labute approximate surface area is 158 Å². The van der Waals surface area contributed by atoms with Gasteiger partial charge < -0.3 is 15.1 Å². The van der Waals surface area contributed by atoms with Gasteiger partial charge in [0.25, 0.3) is 0 Å². The van der Waals surface area contributed by atoms with E-state index in [1.165, 1.54) is 17.4 Å². The monoisotopic (exact) mass is 362 g/mol. The Balaban J connectivity index is 2.78. The molecule has 26 heavy (non-hydrogen) atoms. The Kier molecular flexibility index (Phi) is 8.79. The van der Waals surface area contributed by atoms with Gasteiger partial charge in [-0.3, -0.25) is 9.59 Å². The second kappa shape index (κ2) is 10.3.